The molecule has 1 aliphatic heterocycles. The standard InChI is InChI=1S/C25H29N5O2/c1-32-24-12-13-26-25(28-24)30-16-14-29(15-17-30)19-23(31)27-22(21-10-6-3-7-11-21)18-20-8-4-2-5-9-20/h2-13,22H,14-19H2,1H3,(H,27,31). The molecule has 0 radical (unpaired) electrons. The van der Waals surface area contributed by atoms with Crippen LogP contribution in [0.1, 0.15) is 17.2 Å². The van der Waals surface area contributed by atoms with Gasteiger partial charge in [0.2, 0.25) is 17.7 Å². The second-order valence-corrected chi connectivity index (χ2v) is 7.88. The number of benzene rings is 2. The summed E-state index contributed by atoms with van der Waals surface area (Å²) in [5.41, 5.74) is 2.32. The molecular weight excluding hydrogens is 402 g/mol. The highest BCUT2D eigenvalue weighted by molar-refractivity contribution is 5.78. The number of methoxy groups -OCH3 is 1. The van der Waals surface area contributed by atoms with Crippen LogP contribution >= 0.6 is 0 Å². The Morgan fingerprint density at radius 2 is 1.69 bits per heavy atom. The average molecular weight is 432 g/mol. The summed E-state index contributed by atoms with van der Waals surface area (Å²) in [4.78, 5) is 26.0. The summed E-state index contributed by atoms with van der Waals surface area (Å²) in [6.45, 7) is 3.48. The summed E-state index contributed by atoms with van der Waals surface area (Å²) >= 11 is 0. The number of rotatable bonds is 8. The van der Waals surface area contributed by atoms with Crippen molar-refractivity contribution in [2.75, 3.05) is 44.7 Å². The average Bonchev–Trinajstić information content (AvgIpc) is 2.85. The van der Waals surface area contributed by atoms with E-state index in [1.807, 2.05) is 36.4 Å². The predicted octanol–water partition coefficient (Wildman–Crippen LogP) is 2.71. The topological polar surface area (TPSA) is 70.6 Å². The molecule has 1 amide bonds. The molecule has 4 rings (SSSR count). The molecule has 0 saturated carbocycles. The van der Waals surface area contributed by atoms with Gasteiger partial charge < -0.3 is 15.0 Å². The minimum Gasteiger partial charge on any atom is -0.481 e. The van der Waals surface area contributed by atoms with Gasteiger partial charge in [-0.05, 0) is 17.5 Å². The first-order valence-corrected chi connectivity index (χ1v) is 10.9. The van der Waals surface area contributed by atoms with Crippen LogP contribution in [0.5, 0.6) is 5.88 Å². The van der Waals surface area contributed by atoms with Crippen molar-refractivity contribution in [3.8, 4) is 5.88 Å². The van der Waals surface area contributed by atoms with Gasteiger partial charge in [0.05, 0.1) is 19.7 Å². The molecule has 1 aliphatic rings. The third-order valence-electron chi connectivity index (χ3n) is 5.67. The lowest BCUT2D eigenvalue weighted by Gasteiger charge is -2.34. The zero-order chi connectivity index (χ0) is 22.2. The van der Waals surface area contributed by atoms with Crippen LogP contribution in [0.3, 0.4) is 0 Å². The lowest BCUT2D eigenvalue weighted by Crippen LogP contribution is -2.50. The molecule has 1 unspecified atom stereocenters. The fourth-order valence-corrected chi connectivity index (χ4v) is 3.93. The molecule has 1 aromatic heterocycles. The summed E-state index contributed by atoms with van der Waals surface area (Å²) in [6, 6.07) is 22.1. The van der Waals surface area contributed by atoms with Crippen molar-refractivity contribution in [1.29, 1.82) is 0 Å². The molecule has 0 spiro atoms. The molecule has 7 heteroatoms. The number of piperazine rings is 1. The third-order valence-corrected chi connectivity index (χ3v) is 5.67. The molecule has 1 N–H and O–H groups in total. The molecule has 1 atom stereocenters. The van der Waals surface area contributed by atoms with Crippen molar-refractivity contribution in [1.82, 2.24) is 20.2 Å². The Hall–Kier alpha value is -3.45. The fourth-order valence-electron chi connectivity index (χ4n) is 3.93. The highest BCUT2D eigenvalue weighted by Crippen LogP contribution is 2.19. The Morgan fingerprint density at radius 3 is 2.38 bits per heavy atom. The van der Waals surface area contributed by atoms with Gasteiger partial charge in [0, 0.05) is 38.4 Å². The molecule has 3 aromatic rings. The summed E-state index contributed by atoms with van der Waals surface area (Å²) in [5, 5.41) is 3.25. The van der Waals surface area contributed by atoms with Gasteiger partial charge in [-0.15, -0.1) is 0 Å². The second kappa shape index (κ2) is 10.7. The van der Waals surface area contributed by atoms with Crippen LogP contribution in [-0.4, -0.2) is 60.6 Å². The van der Waals surface area contributed by atoms with Gasteiger partial charge in [-0.3, -0.25) is 9.69 Å². The first-order valence-electron chi connectivity index (χ1n) is 10.9. The number of carbonyl (C=O) groups is 1. The van der Waals surface area contributed by atoms with Crippen LogP contribution in [0.2, 0.25) is 0 Å². The SMILES string of the molecule is COc1ccnc(N2CCN(CC(=O)NC(Cc3ccccc3)c3ccccc3)CC2)n1. The van der Waals surface area contributed by atoms with E-state index < -0.39 is 0 Å². The predicted molar refractivity (Wildman–Crippen MR) is 125 cm³/mol. The van der Waals surface area contributed by atoms with E-state index in [9.17, 15) is 4.79 Å². The van der Waals surface area contributed by atoms with Gasteiger partial charge in [0.15, 0.2) is 0 Å². The number of amides is 1. The number of ether oxygens (including phenoxy) is 1. The molecule has 1 saturated heterocycles. The van der Waals surface area contributed by atoms with Crippen molar-refractivity contribution >= 4 is 11.9 Å². The maximum absolute atomic E-state index is 12.9. The van der Waals surface area contributed by atoms with E-state index in [0.29, 0.717) is 18.4 Å². The number of aromatic nitrogens is 2. The quantitative estimate of drug-likeness (QED) is 0.591. The molecule has 32 heavy (non-hydrogen) atoms. The highest BCUT2D eigenvalue weighted by atomic mass is 16.5. The van der Waals surface area contributed by atoms with Crippen LogP contribution in [0.15, 0.2) is 72.9 Å². The van der Waals surface area contributed by atoms with Crippen LogP contribution in [0.25, 0.3) is 0 Å². The Morgan fingerprint density at radius 1 is 1.00 bits per heavy atom. The largest absolute Gasteiger partial charge is 0.481 e. The number of hydrogen-bond acceptors (Lipinski definition) is 6. The van der Waals surface area contributed by atoms with Gasteiger partial charge in [-0.2, -0.15) is 4.98 Å². The Labute approximate surface area is 189 Å². The molecule has 2 aromatic carbocycles. The third kappa shape index (κ3) is 5.82. The molecule has 0 bridgehead atoms. The van der Waals surface area contributed by atoms with Crippen molar-refractivity contribution in [2.45, 2.75) is 12.5 Å². The first kappa shape index (κ1) is 21.8. The van der Waals surface area contributed by atoms with E-state index in [2.05, 4.69) is 49.4 Å². The van der Waals surface area contributed by atoms with Crippen LogP contribution in [-0.2, 0) is 11.2 Å². The summed E-state index contributed by atoms with van der Waals surface area (Å²) in [7, 11) is 1.60. The zero-order valence-corrected chi connectivity index (χ0v) is 18.4. The lowest BCUT2D eigenvalue weighted by atomic mass is 9.99. The van der Waals surface area contributed by atoms with Gasteiger partial charge in [0.25, 0.3) is 0 Å². The molecule has 166 valence electrons. The molecular formula is C25H29N5O2. The van der Waals surface area contributed by atoms with Crippen LogP contribution < -0.4 is 15.0 Å². The maximum atomic E-state index is 12.9. The first-order chi connectivity index (χ1) is 15.7. The minimum atomic E-state index is -0.0578. The van der Waals surface area contributed by atoms with Crippen molar-refractivity contribution < 1.29 is 9.53 Å². The number of anilines is 1. The van der Waals surface area contributed by atoms with E-state index in [1.165, 1.54) is 5.56 Å². The van der Waals surface area contributed by atoms with Gasteiger partial charge in [0.1, 0.15) is 0 Å². The Kier molecular flexibility index (Phi) is 7.30. The minimum absolute atomic E-state index is 0.0425. The molecule has 2 heterocycles. The van der Waals surface area contributed by atoms with Gasteiger partial charge >= 0.3 is 0 Å². The normalized spacial score (nSPS) is 15.2. The van der Waals surface area contributed by atoms with Crippen molar-refractivity contribution in [2.24, 2.45) is 0 Å². The number of nitrogens with one attached hydrogen (secondary N) is 1. The van der Waals surface area contributed by atoms with E-state index in [0.717, 1.165) is 38.2 Å². The van der Waals surface area contributed by atoms with E-state index >= 15 is 0 Å². The lowest BCUT2D eigenvalue weighted by molar-refractivity contribution is -0.123. The zero-order valence-electron chi connectivity index (χ0n) is 18.4. The van der Waals surface area contributed by atoms with Gasteiger partial charge in [-0.1, -0.05) is 60.7 Å². The Balaban J connectivity index is 1.33. The highest BCUT2D eigenvalue weighted by Gasteiger charge is 2.22. The summed E-state index contributed by atoms with van der Waals surface area (Å²) in [6.07, 6.45) is 2.47. The van der Waals surface area contributed by atoms with Crippen LogP contribution in [0, 0.1) is 0 Å². The molecule has 0 aliphatic carbocycles. The number of hydrogen-bond donors (Lipinski definition) is 1. The van der Waals surface area contributed by atoms with Crippen molar-refractivity contribution in [3.05, 3.63) is 84.1 Å². The fraction of sp³-hybridized carbons (Fsp3) is 0.320. The molecule has 1 fully saturated rings. The summed E-state index contributed by atoms with van der Waals surface area (Å²) in [5.74, 6) is 1.27. The summed E-state index contributed by atoms with van der Waals surface area (Å²) < 4.78 is 5.19. The van der Waals surface area contributed by atoms with Gasteiger partial charge in [-0.25, -0.2) is 4.98 Å². The monoisotopic (exact) mass is 431 g/mol. The van der Waals surface area contributed by atoms with E-state index in [4.69, 9.17) is 4.74 Å². The van der Waals surface area contributed by atoms with Crippen LogP contribution in [0.4, 0.5) is 5.95 Å². The number of nitrogens with zero attached hydrogens (tertiary/aromatic N) is 4. The Bertz CT molecular complexity index is 991. The second-order valence-electron chi connectivity index (χ2n) is 7.88. The number of carbonyl (C=O) groups excluding carboxylic acids is 1. The smallest absolute Gasteiger partial charge is 0.234 e. The van der Waals surface area contributed by atoms with E-state index in [-0.39, 0.29) is 11.9 Å². The van der Waals surface area contributed by atoms with Crippen molar-refractivity contribution in [3.63, 3.8) is 0 Å². The molecule has 7 nitrogen and oxygen atoms in total. The maximum Gasteiger partial charge on any atom is 0.234 e. The van der Waals surface area contributed by atoms with E-state index in [1.54, 1.807) is 19.4 Å².